The molecule has 0 radical (unpaired) electrons. The van der Waals surface area contributed by atoms with Crippen molar-refractivity contribution in [2.75, 3.05) is 13.2 Å². The number of aliphatic hydroxyl groups is 1. The van der Waals surface area contributed by atoms with Gasteiger partial charge < -0.3 is 24.8 Å². The summed E-state index contributed by atoms with van der Waals surface area (Å²) in [6.07, 6.45) is 0.403. The first kappa shape index (κ1) is 25.1. The summed E-state index contributed by atoms with van der Waals surface area (Å²) in [6, 6.07) is 8.02. The van der Waals surface area contributed by atoms with Gasteiger partial charge in [0, 0.05) is 11.4 Å². The van der Waals surface area contributed by atoms with E-state index in [1.807, 2.05) is 44.2 Å². The molecule has 1 spiro atoms. The van der Waals surface area contributed by atoms with Gasteiger partial charge in [-0.1, -0.05) is 60.1 Å². The van der Waals surface area contributed by atoms with Crippen LogP contribution >= 0.6 is 15.9 Å². The number of aliphatic hydroxyl groups excluding tert-OH is 1. The van der Waals surface area contributed by atoms with Crippen molar-refractivity contribution in [2.45, 2.75) is 68.8 Å². The molecule has 3 heterocycles. The van der Waals surface area contributed by atoms with Gasteiger partial charge in [0.15, 0.2) is 0 Å². The number of benzene rings is 1. The Labute approximate surface area is 208 Å². The third kappa shape index (κ3) is 4.16. The first-order valence-corrected chi connectivity index (χ1v) is 12.9. The smallest absolute Gasteiger partial charge is 0.312 e. The van der Waals surface area contributed by atoms with Gasteiger partial charge in [0.2, 0.25) is 11.8 Å². The summed E-state index contributed by atoms with van der Waals surface area (Å²) in [5.74, 6) is -2.56. The van der Waals surface area contributed by atoms with Crippen molar-refractivity contribution in [1.29, 1.82) is 0 Å². The van der Waals surface area contributed by atoms with E-state index in [1.165, 1.54) is 4.90 Å². The van der Waals surface area contributed by atoms with Crippen LogP contribution in [0, 0.1) is 17.8 Å². The number of likely N-dealkylation sites (tertiary alicyclic amines) is 1. The van der Waals surface area contributed by atoms with Crippen LogP contribution in [0.25, 0.3) is 0 Å². The number of ether oxygens (including phenoxy) is 2. The van der Waals surface area contributed by atoms with Crippen LogP contribution in [0.1, 0.15) is 39.2 Å². The topological polar surface area (TPSA) is 105 Å². The van der Waals surface area contributed by atoms with Crippen molar-refractivity contribution in [2.24, 2.45) is 17.8 Å². The number of nitrogens with one attached hydrogen (secondary N) is 1. The minimum atomic E-state index is -1.15. The predicted octanol–water partition coefficient (Wildman–Crippen LogP) is 2.02. The molecule has 3 aliphatic rings. The molecule has 3 aliphatic heterocycles. The van der Waals surface area contributed by atoms with E-state index in [0.29, 0.717) is 19.4 Å². The number of carbonyl (C=O) groups is 3. The zero-order valence-corrected chi connectivity index (χ0v) is 21.4. The highest BCUT2D eigenvalue weighted by Crippen LogP contribution is 2.60. The van der Waals surface area contributed by atoms with Gasteiger partial charge in [0.1, 0.15) is 11.6 Å². The zero-order chi connectivity index (χ0) is 24.6. The molecule has 9 heteroatoms. The standard InChI is InChI=1S/C25H33BrN2O6/c1-4-33-24(32)18-19-23(31)28(16(13-29)10-14(2)3)21(25(19)11-17(26)20(18)34-25)22(30)27-12-15-8-6-5-7-9-15/h5-9,14,16-21,29H,4,10-13H2,1-3H3,(H,27,30)/t16-,17?,18+,19+,20+,21?,25?/m1/s1. The van der Waals surface area contributed by atoms with Crippen molar-refractivity contribution >= 4 is 33.7 Å². The first-order valence-electron chi connectivity index (χ1n) is 12.0. The molecule has 3 unspecified atom stereocenters. The van der Waals surface area contributed by atoms with E-state index < -0.39 is 41.6 Å². The average Bonchev–Trinajstić information content (AvgIpc) is 3.40. The molecule has 3 fully saturated rings. The maximum absolute atomic E-state index is 13.9. The summed E-state index contributed by atoms with van der Waals surface area (Å²) in [5.41, 5.74) is -0.223. The second-order valence-electron chi connectivity index (χ2n) is 9.83. The van der Waals surface area contributed by atoms with Gasteiger partial charge in [-0.15, -0.1) is 0 Å². The molecule has 0 saturated carbocycles. The summed E-state index contributed by atoms with van der Waals surface area (Å²) in [5, 5.41) is 13.2. The van der Waals surface area contributed by atoms with Crippen LogP contribution < -0.4 is 5.32 Å². The molecule has 1 aromatic carbocycles. The van der Waals surface area contributed by atoms with Crippen LogP contribution in [0.5, 0.6) is 0 Å². The Morgan fingerprint density at radius 2 is 2.03 bits per heavy atom. The minimum absolute atomic E-state index is 0.187. The van der Waals surface area contributed by atoms with E-state index in [0.717, 1.165) is 5.56 Å². The lowest BCUT2D eigenvalue weighted by molar-refractivity contribution is -0.155. The summed E-state index contributed by atoms with van der Waals surface area (Å²) < 4.78 is 11.7. The molecular formula is C25H33BrN2O6. The zero-order valence-electron chi connectivity index (χ0n) is 19.8. The number of nitrogens with zero attached hydrogens (tertiary/aromatic N) is 1. The molecular weight excluding hydrogens is 504 g/mol. The highest BCUT2D eigenvalue weighted by atomic mass is 79.9. The van der Waals surface area contributed by atoms with E-state index in [9.17, 15) is 19.5 Å². The fraction of sp³-hybridized carbons (Fsp3) is 0.640. The number of hydrogen-bond acceptors (Lipinski definition) is 6. The Kier molecular flexibility index (Phi) is 7.36. The van der Waals surface area contributed by atoms with Crippen molar-refractivity contribution in [1.82, 2.24) is 10.2 Å². The Hall–Kier alpha value is -1.97. The molecule has 186 valence electrons. The van der Waals surface area contributed by atoms with Crippen LogP contribution in [0.15, 0.2) is 30.3 Å². The molecule has 4 rings (SSSR count). The third-order valence-electron chi connectivity index (χ3n) is 7.19. The van der Waals surface area contributed by atoms with Crippen molar-refractivity contribution < 1.29 is 29.0 Å². The van der Waals surface area contributed by atoms with E-state index >= 15 is 0 Å². The largest absolute Gasteiger partial charge is 0.466 e. The van der Waals surface area contributed by atoms with Gasteiger partial charge in [0.05, 0.1) is 37.2 Å². The molecule has 0 aliphatic carbocycles. The lowest BCUT2D eigenvalue weighted by Crippen LogP contribution is -2.58. The third-order valence-corrected chi connectivity index (χ3v) is 8.04. The maximum Gasteiger partial charge on any atom is 0.312 e. The van der Waals surface area contributed by atoms with Crippen LogP contribution in [-0.4, -0.2) is 69.6 Å². The van der Waals surface area contributed by atoms with Gasteiger partial charge >= 0.3 is 5.97 Å². The van der Waals surface area contributed by atoms with E-state index in [4.69, 9.17) is 9.47 Å². The van der Waals surface area contributed by atoms with Crippen LogP contribution in [0.3, 0.4) is 0 Å². The second-order valence-corrected chi connectivity index (χ2v) is 11.0. The monoisotopic (exact) mass is 536 g/mol. The average molecular weight is 537 g/mol. The SMILES string of the molecule is CCOC(=O)[C@H]1[C@H]2C(=O)N([C@@H](CO)CC(C)C)C(C(=O)NCc3ccccc3)C23CC(Br)[C@@H]1O3. The molecule has 3 saturated heterocycles. The Bertz CT molecular complexity index is 927. The van der Waals surface area contributed by atoms with Crippen LogP contribution in [0.2, 0.25) is 0 Å². The number of esters is 1. The predicted molar refractivity (Wildman–Crippen MR) is 128 cm³/mol. The maximum atomic E-state index is 13.9. The Balaban J connectivity index is 1.71. The Morgan fingerprint density at radius 1 is 1.32 bits per heavy atom. The Morgan fingerprint density at radius 3 is 2.65 bits per heavy atom. The quantitative estimate of drug-likeness (QED) is 0.369. The number of hydrogen-bond donors (Lipinski definition) is 2. The summed E-state index contributed by atoms with van der Waals surface area (Å²) in [4.78, 5) is 41.9. The highest BCUT2D eigenvalue weighted by molar-refractivity contribution is 9.09. The molecule has 2 N–H and O–H groups in total. The van der Waals surface area contributed by atoms with Crippen molar-refractivity contribution in [3.63, 3.8) is 0 Å². The molecule has 0 aromatic heterocycles. The fourth-order valence-corrected chi connectivity index (χ4v) is 6.91. The van der Waals surface area contributed by atoms with Crippen molar-refractivity contribution in [3.8, 4) is 0 Å². The number of halogens is 1. The molecule has 7 atom stereocenters. The molecule has 1 aromatic rings. The normalized spacial score (nSPS) is 32.7. The van der Waals surface area contributed by atoms with E-state index in [1.54, 1.807) is 6.92 Å². The number of fused-ring (bicyclic) bond motifs is 1. The minimum Gasteiger partial charge on any atom is -0.466 e. The molecule has 2 amide bonds. The summed E-state index contributed by atoms with van der Waals surface area (Å²) in [6.45, 7) is 5.95. The van der Waals surface area contributed by atoms with Gasteiger partial charge in [-0.3, -0.25) is 14.4 Å². The summed E-state index contributed by atoms with van der Waals surface area (Å²) >= 11 is 3.63. The number of alkyl halides is 1. The number of amides is 2. The van der Waals surface area contributed by atoms with Gasteiger partial charge in [0.25, 0.3) is 0 Å². The van der Waals surface area contributed by atoms with Gasteiger partial charge in [-0.25, -0.2) is 0 Å². The summed E-state index contributed by atoms with van der Waals surface area (Å²) in [7, 11) is 0. The van der Waals surface area contributed by atoms with E-state index in [2.05, 4.69) is 21.2 Å². The first-order chi connectivity index (χ1) is 16.2. The van der Waals surface area contributed by atoms with Crippen LogP contribution in [0.4, 0.5) is 0 Å². The number of carbonyl (C=O) groups excluding carboxylic acids is 3. The van der Waals surface area contributed by atoms with Crippen LogP contribution in [-0.2, 0) is 30.4 Å². The van der Waals surface area contributed by atoms with E-state index in [-0.39, 0.29) is 35.8 Å². The van der Waals surface area contributed by atoms with Gasteiger partial charge in [-0.2, -0.15) is 0 Å². The molecule has 8 nitrogen and oxygen atoms in total. The number of rotatable bonds is 9. The molecule has 2 bridgehead atoms. The highest BCUT2D eigenvalue weighted by Gasteiger charge is 2.77. The van der Waals surface area contributed by atoms with Gasteiger partial charge in [-0.05, 0) is 31.2 Å². The lowest BCUT2D eigenvalue weighted by atomic mass is 9.70. The molecule has 34 heavy (non-hydrogen) atoms. The second kappa shape index (κ2) is 9.95. The fourth-order valence-electron chi connectivity index (χ4n) is 5.97. The van der Waals surface area contributed by atoms with Crippen molar-refractivity contribution in [3.05, 3.63) is 35.9 Å². The lowest BCUT2D eigenvalue weighted by Gasteiger charge is -2.37.